The predicted octanol–water partition coefficient (Wildman–Crippen LogP) is 1.77. The van der Waals surface area contributed by atoms with E-state index in [0.29, 0.717) is 18.6 Å². The zero-order valence-corrected chi connectivity index (χ0v) is 9.94. The van der Waals surface area contributed by atoms with Crippen molar-refractivity contribution in [1.82, 2.24) is 4.90 Å². The largest absolute Gasteiger partial charge is 0.396 e. The number of piperidine rings is 1. The molecule has 3 heteroatoms. The zero-order chi connectivity index (χ0) is 11.4. The molecule has 16 heavy (non-hydrogen) atoms. The van der Waals surface area contributed by atoms with Gasteiger partial charge in [-0.15, -0.1) is 0 Å². The highest BCUT2D eigenvalue weighted by atomic mass is 16.3. The van der Waals surface area contributed by atoms with Crippen LogP contribution in [0, 0.1) is 23.2 Å². The standard InChI is InChI=1S/C13H22N2O/c14-8-12-5-1-2-6-13(12)15-7-3-4-11(9-15)10-16/h11-13,16H,1-7,9-10H2. The molecule has 0 aromatic carbocycles. The summed E-state index contributed by atoms with van der Waals surface area (Å²) in [5.74, 6) is 0.668. The first-order valence-corrected chi connectivity index (χ1v) is 6.59. The summed E-state index contributed by atoms with van der Waals surface area (Å²) in [5.41, 5.74) is 0. The van der Waals surface area contributed by atoms with Crippen molar-refractivity contribution in [3.05, 3.63) is 0 Å². The van der Waals surface area contributed by atoms with E-state index in [4.69, 9.17) is 0 Å². The van der Waals surface area contributed by atoms with Crippen LogP contribution in [0.4, 0.5) is 0 Å². The van der Waals surface area contributed by atoms with Crippen molar-refractivity contribution in [3.8, 4) is 6.07 Å². The summed E-state index contributed by atoms with van der Waals surface area (Å²) in [7, 11) is 0. The number of nitriles is 1. The third-order valence-electron chi connectivity index (χ3n) is 4.17. The van der Waals surface area contributed by atoms with Gasteiger partial charge in [-0.25, -0.2) is 0 Å². The first kappa shape index (κ1) is 11.9. The fraction of sp³-hybridized carbons (Fsp3) is 0.923. The number of likely N-dealkylation sites (tertiary alicyclic amines) is 1. The number of rotatable bonds is 2. The van der Waals surface area contributed by atoms with Crippen LogP contribution in [0.15, 0.2) is 0 Å². The molecule has 1 N–H and O–H groups in total. The van der Waals surface area contributed by atoms with Gasteiger partial charge in [-0.3, -0.25) is 4.90 Å². The Hall–Kier alpha value is -0.590. The minimum absolute atomic E-state index is 0.228. The summed E-state index contributed by atoms with van der Waals surface area (Å²) in [6.45, 7) is 2.43. The summed E-state index contributed by atoms with van der Waals surface area (Å²) in [6, 6.07) is 2.95. The SMILES string of the molecule is N#CC1CCCCC1N1CCCC(CO)C1. The second-order valence-corrected chi connectivity index (χ2v) is 5.27. The second-order valence-electron chi connectivity index (χ2n) is 5.27. The van der Waals surface area contributed by atoms with Crippen LogP contribution in [-0.4, -0.2) is 35.7 Å². The van der Waals surface area contributed by atoms with Crippen molar-refractivity contribution in [1.29, 1.82) is 5.26 Å². The zero-order valence-electron chi connectivity index (χ0n) is 9.94. The lowest BCUT2D eigenvalue weighted by Gasteiger charge is -2.41. The first-order chi connectivity index (χ1) is 7.85. The minimum Gasteiger partial charge on any atom is -0.396 e. The lowest BCUT2D eigenvalue weighted by molar-refractivity contribution is 0.0574. The van der Waals surface area contributed by atoms with Crippen LogP contribution in [0.3, 0.4) is 0 Å². The van der Waals surface area contributed by atoms with E-state index < -0.39 is 0 Å². The van der Waals surface area contributed by atoms with E-state index in [0.717, 1.165) is 25.9 Å². The van der Waals surface area contributed by atoms with E-state index in [1.807, 2.05) is 0 Å². The van der Waals surface area contributed by atoms with Gasteiger partial charge in [-0.1, -0.05) is 12.8 Å². The Morgan fingerprint density at radius 1 is 1.19 bits per heavy atom. The summed E-state index contributed by atoms with van der Waals surface area (Å²) >= 11 is 0. The molecule has 1 saturated carbocycles. The van der Waals surface area contributed by atoms with Gasteiger partial charge in [0, 0.05) is 19.2 Å². The fourth-order valence-corrected chi connectivity index (χ4v) is 3.25. The van der Waals surface area contributed by atoms with Gasteiger partial charge in [-0.2, -0.15) is 5.26 Å². The highest BCUT2D eigenvalue weighted by molar-refractivity contribution is 4.96. The molecule has 0 aromatic rings. The molecule has 1 heterocycles. The van der Waals surface area contributed by atoms with Crippen LogP contribution in [-0.2, 0) is 0 Å². The van der Waals surface area contributed by atoms with Gasteiger partial charge < -0.3 is 5.11 Å². The highest BCUT2D eigenvalue weighted by Crippen LogP contribution is 2.30. The maximum absolute atomic E-state index is 9.24. The van der Waals surface area contributed by atoms with E-state index in [1.165, 1.54) is 25.7 Å². The molecule has 2 fully saturated rings. The average Bonchev–Trinajstić information content (AvgIpc) is 2.38. The van der Waals surface area contributed by atoms with Gasteiger partial charge in [0.15, 0.2) is 0 Å². The maximum Gasteiger partial charge on any atom is 0.0672 e. The van der Waals surface area contributed by atoms with Crippen molar-refractivity contribution >= 4 is 0 Å². The Morgan fingerprint density at radius 3 is 2.75 bits per heavy atom. The van der Waals surface area contributed by atoms with Crippen LogP contribution in [0.1, 0.15) is 38.5 Å². The van der Waals surface area contributed by atoms with Crippen molar-refractivity contribution in [2.45, 2.75) is 44.6 Å². The Morgan fingerprint density at radius 2 is 2.00 bits per heavy atom. The number of hydrogen-bond donors (Lipinski definition) is 1. The van der Waals surface area contributed by atoms with Crippen LogP contribution in [0.5, 0.6) is 0 Å². The van der Waals surface area contributed by atoms with Gasteiger partial charge in [0.1, 0.15) is 0 Å². The molecule has 3 nitrogen and oxygen atoms in total. The van der Waals surface area contributed by atoms with Crippen molar-refractivity contribution in [3.63, 3.8) is 0 Å². The molecular formula is C13H22N2O. The van der Waals surface area contributed by atoms with Crippen LogP contribution < -0.4 is 0 Å². The average molecular weight is 222 g/mol. The molecule has 1 saturated heterocycles. The number of hydrogen-bond acceptors (Lipinski definition) is 3. The third kappa shape index (κ3) is 2.56. The molecule has 2 rings (SSSR count). The maximum atomic E-state index is 9.24. The smallest absolute Gasteiger partial charge is 0.0672 e. The van der Waals surface area contributed by atoms with Crippen LogP contribution in [0.2, 0.25) is 0 Å². The highest BCUT2D eigenvalue weighted by Gasteiger charge is 2.32. The molecule has 0 radical (unpaired) electrons. The summed E-state index contributed by atoms with van der Waals surface area (Å²) in [4.78, 5) is 2.47. The lowest BCUT2D eigenvalue weighted by atomic mass is 9.83. The van der Waals surface area contributed by atoms with Crippen molar-refractivity contribution in [2.24, 2.45) is 11.8 Å². The van der Waals surface area contributed by atoms with Crippen molar-refractivity contribution in [2.75, 3.05) is 19.7 Å². The third-order valence-corrected chi connectivity index (χ3v) is 4.17. The molecule has 0 aromatic heterocycles. The molecule has 0 amide bonds. The molecule has 3 atom stereocenters. The normalized spacial score (nSPS) is 36.9. The minimum atomic E-state index is 0.228. The second kappa shape index (κ2) is 5.65. The van der Waals surface area contributed by atoms with E-state index in [-0.39, 0.29) is 5.92 Å². The van der Waals surface area contributed by atoms with E-state index in [2.05, 4.69) is 11.0 Å². The molecule has 0 spiro atoms. The topological polar surface area (TPSA) is 47.3 Å². The Balaban J connectivity index is 1.96. The first-order valence-electron chi connectivity index (χ1n) is 6.59. The number of nitrogens with zero attached hydrogens (tertiary/aromatic N) is 2. The lowest BCUT2D eigenvalue weighted by Crippen LogP contribution is -2.47. The summed E-state index contributed by atoms with van der Waals surface area (Å²) in [6.07, 6.45) is 7.06. The van der Waals surface area contributed by atoms with Gasteiger partial charge in [0.25, 0.3) is 0 Å². The number of aliphatic hydroxyl groups is 1. The molecule has 1 aliphatic heterocycles. The fourth-order valence-electron chi connectivity index (χ4n) is 3.25. The predicted molar refractivity (Wildman–Crippen MR) is 62.7 cm³/mol. The molecule has 3 unspecified atom stereocenters. The van der Waals surface area contributed by atoms with E-state index in [1.54, 1.807) is 0 Å². The molecule has 2 aliphatic rings. The quantitative estimate of drug-likeness (QED) is 0.774. The van der Waals surface area contributed by atoms with E-state index >= 15 is 0 Å². The Kier molecular flexibility index (Phi) is 4.20. The van der Waals surface area contributed by atoms with Crippen molar-refractivity contribution < 1.29 is 5.11 Å². The molecule has 0 bridgehead atoms. The monoisotopic (exact) mass is 222 g/mol. The van der Waals surface area contributed by atoms with Gasteiger partial charge >= 0.3 is 0 Å². The van der Waals surface area contributed by atoms with Gasteiger partial charge in [-0.05, 0) is 38.1 Å². The number of aliphatic hydroxyl groups excluding tert-OH is 1. The molecule has 1 aliphatic carbocycles. The summed E-state index contributed by atoms with van der Waals surface area (Å²) in [5, 5.41) is 18.4. The Bertz CT molecular complexity index is 261. The van der Waals surface area contributed by atoms with Gasteiger partial charge in [0.2, 0.25) is 0 Å². The van der Waals surface area contributed by atoms with E-state index in [9.17, 15) is 10.4 Å². The van der Waals surface area contributed by atoms with Crippen LogP contribution in [0.25, 0.3) is 0 Å². The Labute approximate surface area is 98.1 Å². The van der Waals surface area contributed by atoms with Gasteiger partial charge in [0.05, 0.1) is 12.0 Å². The van der Waals surface area contributed by atoms with Crippen LogP contribution >= 0.6 is 0 Å². The molecule has 90 valence electrons. The summed E-state index contributed by atoms with van der Waals surface area (Å²) < 4.78 is 0. The molecular weight excluding hydrogens is 200 g/mol.